The molecule has 0 aliphatic rings. The molecular formula is C26H26N6O3. The van der Waals surface area contributed by atoms with Crippen LogP contribution in [-0.4, -0.2) is 28.0 Å². The Balaban J connectivity index is 1.55. The van der Waals surface area contributed by atoms with Crippen molar-refractivity contribution in [3.05, 3.63) is 78.1 Å². The largest absolute Gasteiger partial charge is 0.496 e. The van der Waals surface area contributed by atoms with Crippen molar-refractivity contribution in [3.8, 4) is 28.5 Å². The predicted molar refractivity (Wildman–Crippen MR) is 135 cm³/mol. The van der Waals surface area contributed by atoms with Crippen molar-refractivity contribution >= 4 is 23.4 Å². The molecule has 0 bridgehead atoms. The Kier molecular flexibility index (Phi) is 6.77. The van der Waals surface area contributed by atoms with E-state index in [9.17, 15) is 4.79 Å². The number of amides is 1. The van der Waals surface area contributed by atoms with Gasteiger partial charge in [-0.25, -0.2) is 4.98 Å². The van der Waals surface area contributed by atoms with Crippen LogP contribution in [0, 0.1) is 0 Å². The van der Waals surface area contributed by atoms with Crippen LogP contribution in [0.1, 0.15) is 35.8 Å². The van der Waals surface area contributed by atoms with E-state index < -0.39 is 5.91 Å². The first-order valence-electron chi connectivity index (χ1n) is 11.0. The number of nitrogen functional groups attached to an aromatic ring is 1. The maximum Gasteiger partial charge on any atom is 0.267 e. The van der Waals surface area contributed by atoms with Crippen LogP contribution in [0.5, 0.6) is 17.2 Å². The third-order valence-electron chi connectivity index (χ3n) is 5.26. The Morgan fingerprint density at radius 2 is 1.74 bits per heavy atom. The minimum Gasteiger partial charge on any atom is -0.496 e. The van der Waals surface area contributed by atoms with E-state index in [0.29, 0.717) is 34.7 Å². The average molecular weight is 471 g/mol. The zero-order chi connectivity index (χ0) is 24.9. The van der Waals surface area contributed by atoms with Crippen molar-refractivity contribution in [2.24, 2.45) is 5.73 Å². The van der Waals surface area contributed by atoms with Gasteiger partial charge in [0.15, 0.2) is 0 Å². The van der Waals surface area contributed by atoms with Crippen molar-refractivity contribution in [2.75, 3.05) is 18.2 Å². The molecule has 9 nitrogen and oxygen atoms in total. The number of ether oxygens (including phenoxy) is 2. The molecule has 2 aromatic carbocycles. The highest BCUT2D eigenvalue weighted by Gasteiger charge is 2.13. The van der Waals surface area contributed by atoms with Crippen LogP contribution in [0.25, 0.3) is 11.3 Å². The van der Waals surface area contributed by atoms with E-state index >= 15 is 0 Å². The monoisotopic (exact) mass is 470 g/mol. The third-order valence-corrected chi connectivity index (χ3v) is 5.26. The average Bonchev–Trinajstić information content (AvgIpc) is 2.84. The van der Waals surface area contributed by atoms with E-state index in [2.05, 4.69) is 40.2 Å². The third kappa shape index (κ3) is 5.64. The molecule has 2 heterocycles. The van der Waals surface area contributed by atoms with Gasteiger partial charge in [0.1, 0.15) is 28.8 Å². The van der Waals surface area contributed by atoms with Crippen LogP contribution >= 0.6 is 0 Å². The molecule has 4 rings (SSSR count). The molecule has 1 amide bonds. The number of carbonyl (C=O) groups excluding carboxylic acids is 1. The fraction of sp³-hybridized carbons (Fsp3) is 0.154. The SMILES string of the molecule is COc1ccc(C(C)C)cc1-c1cc(Nc2ccc(Oc3ccnc(C(N)=O)c3)cc2)nc(N)n1. The van der Waals surface area contributed by atoms with Crippen molar-refractivity contribution in [1.82, 2.24) is 15.0 Å². The molecule has 0 aliphatic carbocycles. The molecule has 4 aromatic rings. The molecule has 0 fully saturated rings. The van der Waals surface area contributed by atoms with E-state index in [0.717, 1.165) is 11.3 Å². The lowest BCUT2D eigenvalue weighted by molar-refractivity contribution is 0.0995. The number of anilines is 3. The van der Waals surface area contributed by atoms with E-state index in [4.69, 9.17) is 20.9 Å². The van der Waals surface area contributed by atoms with Gasteiger partial charge in [-0.3, -0.25) is 9.78 Å². The summed E-state index contributed by atoms with van der Waals surface area (Å²) in [6, 6.07) is 18.2. The Hall–Kier alpha value is -4.66. The second-order valence-corrected chi connectivity index (χ2v) is 8.10. The summed E-state index contributed by atoms with van der Waals surface area (Å²) < 4.78 is 11.3. The Morgan fingerprint density at radius 1 is 0.971 bits per heavy atom. The Morgan fingerprint density at radius 3 is 2.43 bits per heavy atom. The molecule has 9 heteroatoms. The van der Waals surface area contributed by atoms with Gasteiger partial charge in [0.25, 0.3) is 5.91 Å². The molecule has 5 N–H and O–H groups in total. The number of benzene rings is 2. The number of pyridine rings is 1. The summed E-state index contributed by atoms with van der Waals surface area (Å²) in [5.41, 5.74) is 14.9. The quantitative estimate of drug-likeness (QED) is 0.331. The van der Waals surface area contributed by atoms with Gasteiger partial charge in [-0.1, -0.05) is 19.9 Å². The minimum absolute atomic E-state index is 0.133. The summed E-state index contributed by atoms with van der Waals surface area (Å²) >= 11 is 0. The smallest absolute Gasteiger partial charge is 0.267 e. The first-order valence-corrected chi connectivity index (χ1v) is 11.0. The molecule has 0 saturated carbocycles. The number of hydrogen-bond donors (Lipinski definition) is 3. The van der Waals surface area contributed by atoms with Crippen molar-refractivity contribution in [2.45, 2.75) is 19.8 Å². The molecule has 0 aliphatic heterocycles. The number of methoxy groups -OCH3 is 1. The van der Waals surface area contributed by atoms with Gasteiger partial charge in [0, 0.05) is 29.6 Å². The fourth-order valence-electron chi connectivity index (χ4n) is 3.45. The maximum atomic E-state index is 11.3. The molecule has 0 unspecified atom stereocenters. The minimum atomic E-state index is -0.618. The molecule has 0 radical (unpaired) electrons. The highest BCUT2D eigenvalue weighted by Crippen LogP contribution is 2.34. The first kappa shape index (κ1) is 23.5. The van der Waals surface area contributed by atoms with Crippen LogP contribution in [0.2, 0.25) is 0 Å². The molecule has 2 aromatic heterocycles. The van der Waals surface area contributed by atoms with Crippen LogP contribution in [0.15, 0.2) is 66.9 Å². The van der Waals surface area contributed by atoms with E-state index in [-0.39, 0.29) is 11.6 Å². The highest BCUT2D eigenvalue weighted by molar-refractivity contribution is 5.91. The summed E-state index contributed by atoms with van der Waals surface area (Å²) in [7, 11) is 1.63. The van der Waals surface area contributed by atoms with Gasteiger partial charge >= 0.3 is 0 Å². The van der Waals surface area contributed by atoms with Gasteiger partial charge in [-0.15, -0.1) is 0 Å². The maximum absolute atomic E-state index is 11.3. The number of hydrogen-bond acceptors (Lipinski definition) is 8. The van der Waals surface area contributed by atoms with Crippen LogP contribution in [-0.2, 0) is 0 Å². The molecular weight excluding hydrogens is 444 g/mol. The molecule has 0 saturated heterocycles. The fourth-order valence-corrected chi connectivity index (χ4v) is 3.45. The van der Waals surface area contributed by atoms with Crippen molar-refractivity contribution in [3.63, 3.8) is 0 Å². The molecule has 35 heavy (non-hydrogen) atoms. The van der Waals surface area contributed by atoms with Crippen LogP contribution in [0.3, 0.4) is 0 Å². The number of aromatic nitrogens is 3. The number of carbonyl (C=O) groups is 1. The van der Waals surface area contributed by atoms with Gasteiger partial charge < -0.3 is 26.3 Å². The highest BCUT2D eigenvalue weighted by atomic mass is 16.5. The molecule has 178 valence electrons. The second kappa shape index (κ2) is 10.1. The second-order valence-electron chi connectivity index (χ2n) is 8.10. The van der Waals surface area contributed by atoms with Gasteiger partial charge in [-0.05, 0) is 53.9 Å². The summed E-state index contributed by atoms with van der Waals surface area (Å²) in [5.74, 6) is 2.16. The van der Waals surface area contributed by atoms with E-state index in [1.807, 2.05) is 30.3 Å². The zero-order valence-corrected chi connectivity index (χ0v) is 19.6. The van der Waals surface area contributed by atoms with Gasteiger partial charge in [0.2, 0.25) is 5.95 Å². The summed E-state index contributed by atoms with van der Waals surface area (Å²) in [6.07, 6.45) is 1.47. The number of nitrogens with two attached hydrogens (primary N) is 2. The van der Waals surface area contributed by atoms with E-state index in [1.54, 1.807) is 25.3 Å². The van der Waals surface area contributed by atoms with Crippen molar-refractivity contribution < 1.29 is 14.3 Å². The predicted octanol–water partition coefficient (Wildman–Crippen LogP) is 4.89. The lowest BCUT2D eigenvalue weighted by atomic mass is 9.98. The van der Waals surface area contributed by atoms with Gasteiger partial charge in [0.05, 0.1) is 12.8 Å². The number of primary amides is 1. The Labute approximate surface area is 203 Å². The van der Waals surface area contributed by atoms with Gasteiger partial charge in [-0.2, -0.15) is 4.98 Å². The normalized spacial score (nSPS) is 10.7. The number of nitrogens with zero attached hydrogens (tertiary/aromatic N) is 3. The topological polar surface area (TPSA) is 138 Å². The van der Waals surface area contributed by atoms with E-state index in [1.165, 1.54) is 17.8 Å². The van der Waals surface area contributed by atoms with Crippen molar-refractivity contribution in [1.29, 1.82) is 0 Å². The lowest BCUT2D eigenvalue weighted by Crippen LogP contribution is -2.12. The number of nitrogens with one attached hydrogen (secondary N) is 1. The summed E-state index contributed by atoms with van der Waals surface area (Å²) in [4.78, 5) is 24.0. The van der Waals surface area contributed by atoms with Crippen LogP contribution < -0.4 is 26.3 Å². The summed E-state index contributed by atoms with van der Waals surface area (Å²) in [6.45, 7) is 4.26. The first-order chi connectivity index (χ1) is 16.8. The molecule has 0 spiro atoms. The Bertz CT molecular complexity index is 1360. The standard InChI is InChI=1S/C26H26N6O3/c1-15(2)16-4-9-23(34-3)20(12-16)21-14-24(32-26(28)31-21)30-17-5-7-18(8-6-17)35-19-10-11-29-22(13-19)25(27)33/h4-15H,1-3H3,(H2,27,33)(H3,28,30,31,32). The zero-order valence-electron chi connectivity index (χ0n) is 19.6. The summed E-state index contributed by atoms with van der Waals surface area (Å²) in [5, 5.41) is 3.25. The molecule has 0 atom stereocenters. The van der Waals surface area contributed by atoms with Crippen LogP contribution in [0.4, 0.5) is 17.5 Å². The number of rotatable bonds is 8. The lowest BCUT2D eigenvalue weighted by Gasteiger charge is -2.14.